The number of nitrogens with two attached hydrogens (primary N) is 1. The van der Waals surface area contributed by atoms with Crippen molar-refractivity contribution in [2.45, 2.75) is 38.6 Å². The second-order valence-electron chi connectivity index (χ2n) is 5.80. The van der Waals surface area contributed by atoms with Gasteiger partial charge in [0.25, 0.3) is 0 Å². The van der Waals surface area contributed by atoms with Crippen LogP contribution in [0.4, 0.5) is 5.69 Å². The first-order valence-electron chi connectivity index (χ1n) is 7.54. The number of hydrogen-bond acceptors (Lipinski definition) is 5. The van der Waals surface area contributed by atoms with E-state index in [0.29, 0.717) is 18.2 Å². The molecule has 0 spiro atoms. The van der Waals surface area contributed by atoms with Crippen LogP contribution in [0.15, 0.2) is 24.3 Å². The molecule has 0 bridgehead atoms. The summed E-state index contributed by atoms with van der Waals surface area (Å²) in [7, 11) is 0. The molecule has 1 heterocycles. The summed E-state index contributed by atoms with van der Waals surface area (Å²) >= 11 is 0. The van der Waals surface area contributed by atoms with Gasteiger partial charge in [0.1, 0.15) is 0 Å². The van der Waals surface area contributed by atoms with E-state index in [1.54, 1.807) is 4.68 Å². The number of tetrazole rings is 1. The number of rotatable bonds is 4. The zero-order valence-corrected chi connectivity index (χ0v) is 13.8. The fourth-order valence-corrected chi connectivity index (χ4v) is 2.95. The minimum atomic E-state index is 0. The molecule has 1 saturated carbocycles. The van der Waals surface area contributed by atoms with E-state index < -0.39 is 0 Å². The minimum absolute atomic E-state index is 0. The lowest BCUT2D eigenvalue weighted by Gasteiger charge is -2.15. The van der Waals surface area contributed by atoms with E-state index in [2.05, 4.69) is 20.8 Å². The number of aromatic nitrogens is 4. The van der Waals surface area contributed by atoms with Crippen molar-refractivity contribution in [2.24, 2.45) is 11.7 Å². The number of aryl methyl sites for hydroxylation is 1. The van der Waals surface area contributed by atoms with Crippen molar-refractivity contribution in [1.29, 1.82) is 0 Å². The number of nitrogens with zero attached hydrogens (tertiary/aromatic N) is 4. The molecule has 2 aromatic rings. The maximum Gasteiger partial charge on any atom is 0.224 e. The van der Waals surface area contributed by atoms with Gasteiger partial charge in [-0.15, -0.1) is 17.5 Å². The van der Waals surface area contributed by atoms with Crippen LogP contribution in [-0.4, -0.2) is 32.2 Å². The highest BCUT2D eigenvalue weighted by molar-refractivity contribution is 5.91. The van der Waals surface area contributed by atoms with Crippen LogP contribution in [0.1, 0.15) is 31.5 Å². The van der Waals surface area contributed by atoms with Gasteiger partial charge >= 0.3 is 0 Å². The van der Waals surface area contributed by atoms with Crippen LogP contribution < -0.4 is 11.1 Å². The summed E-state index contributed by atoms with van der Waals surface area (Å²) in [4.78, 5) is 12.2. The Hall–Kier alpha value is -1.99. The van der Waals surface area contributed by atoms with Crippen LogP contribution in [0.25, 0.3) is 5.69 Å². The summed E-state index contributed by atoms with van der Waals surface area (Å²) in [5.41, 5.74) is 7.58. The molecule has 0 unspecified atom stereocenters. The Kier molecular flexibility index (Phi) is 5.68. The SMILES string of the molecule is Cc1nnnn1-c1cccc(NC(=O)C[C@@H]2CCC[C@H]2N)c1.Cl. The lowest BCUT2D eigenvalue weighted by Crippen LogP contribution is -2.28. The van der Waals surface area contributed by atoms with E-state index in [9.17, 15) is 4.79 Å². The second-order valence-corrected chi connectivity index (χ2v) is 5.80. The van der Waals surface area contributed by atoms with Crippen LogP contribution in [-0.2, 0) is 4.79 Å². The molecule has 1 aromatic carbocycles. The van der Waals surface area contributed by atoms with E-state index in [-0.39, 0.29) is 24.4 Å². The van der Waals surface area contributed by atoms with Crippen molar-refractivity contribution < 1.29 is 4.79 Å². The Labute approximate surface area is 141 Å². The van der Waals surface area contributed by atoms with Crippen LogP contribution in [0, 0.1) is 12.8 Å². The Morgan fingerprint density at radius 2 is 2.26 bits per heavy atom. The molecule has 1 aliphatic rings. The minimum Gasteiger partial charge on any atom is -0.327 e. The summed E-state index contributed by atoms with van der Waals surface area (Å²) < 4.78 is 1.63. The smallest absolute Gasteiger partial charge is 0.224 e. The quantitative estimate of drug-likeness (QED) is 0.887. The lowest BCUT2D eigenvalue weighted by atomic mass is 10.00. The number of benzene rings is 1. The van der Waals surface area contributed by atoms with Crippen molar-refractivity contribution in [3.63, 3.8) is 0 Å². The molecule has 124 valence electrons. The largest absolute Gasteiger partial charge is 0.327 e. The lowest BCUT2D eigenvalue weighted by molar-refractivity contribution is -0.117. The summed E-state index contributed by atoms with van der Waals surface area (Å²) in [6.07, 6.45) is 3.66. The fraction of sp³-hybridized carbons (Fsp3) is 0.467. The Morgan fingerprint density at radius 1 is 1.43 bits per heavy atom. The molecule has 23 heavy (non-hydrogen) atoms. The monoisotopic (exact) mass is 336 g/mol. The summed E-state index contributed by atoms with van der Waals surface area (Å²) in [6.45, 7) is 1.83. The van der Waals surface area contributed by atoms with Gasteiger partial charge in [0.2, 0.25) is 5.91 Å². The molecule has 3 N–H and O–H groups in total. The average molecular weight is 337 g/mol. The number of halogens is 1. The van der Waals surface area contributed by atoms with Gasteiger partial charge in [-0.25, -0.2) is 0 Å². The topological polar surface area (TPSA) is 98.7 Å². The highest BCUT2D eigenvalue weighted by atomic mass is 35.5. The maximum atomic E-state index is 12.2. The van der Waals surface area contributed by atoms with Gasteiger partial charge in [0, 0.05) is 18.2 Å². The van der Waals surface area contributed by atoms with E-state index in [4.69, 9.17) is 5.73 Å². The molecule has 1 fully saturated rings. The van der Waals surface area contributed by atoms with Crippen LogP contribution >= 0.6 is 12.4 Å². The predicted molar refractivity (Wildman–Crippen MR) is 89.7 cm³/mol. The number of amides is 1. The average Bonchev–Trinajstić information content (AvgIpc) is 3.08. The van der Waals surface area contributed by atoms with Crippen molar-refractivity contribution in [1.82, 2.24) is 20.2 Å². The zero-order chi connectivity index (χ0) is 15.5. The number of nitrogens with one attached hydrogen (secondary N) is 1. The van der Waals surface area contributed by atoms with Gasteiger partial charge < -0.3 is 11.1 Å². The van der Waals surface area contributed by atoms with E-state index >= 15 is 0 Å². The highest BCUT2D eigenvalue weighted by Crippen LogP contribution is 2.27. The zero-order valence-electron chi connectivity index (χ0n) is 13.0. The molecule has 2 atom stereocenters. The Bertz CT molecular complexity index is 673. The van der Waals surface area contributed by atoms with E-state index in [0.717, 1.165) is 30.6 Å². The number of anilines is 1. The number of carbonyl (C=O) groups is 1. The number of hydrogen-bond donors (Lipinski definition) is 2. The fourth-order valence-electron chi connectivity index (χ4n) is 2.95. The third-order valence-electron chi connectivity index (χ3n) is 4.17. The third kappa shape index (κ3) is 4.05. The van der Waals surface area contributed by atoms with Gasteiger partial charge in [-0.1, -0.05) is 12.5 Å². The van der Waals surface area contributed by atoms with E-state index in [1.165, 1.54) is 0 Å². The number of carbonyl (C=O) groups excluding carboxylic acids is 1. The summed E-state index contributed by atoms with van der Waals surface area (Å²) in [5.74, 6) is 0.998. The predicted octanol–water partition coefficient (Wildman–Crippen LogP) is 1.85. The molecule has 1 aromatic heterocycles. The molecule has 0 aliphatic heterocycles. The standard InChI is InChI=1S/C15H20N6O.ClH/c1-10-18-19-20-21(10)13-6-3-5-12(9-13)17-15(22)8-11-4-2-7-14(11)16;/h3,5-6,9,11,14H,2,4,7-8,16H2,1H3,(H,17,22);1H/t11-,14+;/m0./s1. The Balaban J connectivity index is 0.00000192. The molecule has 7 nitrogen and oxygen atoms in total. The first-order valence-corrected chi connectivity index (χ1v) is 7.54. The molecule has 0 radical (unpaired) electrons. The summed E-state index contributed by atoms with van der Waals surface area (Å²) in [6, 6.07) is 7.63. The third-order valence-corrected chi connectivity index (χ3v) is 4.17. The second kappa shape index (κ2) is 7.52. The normalized spacial score (nSPS) is 20.1. The molecular weight excluding hydrogens is 316 g/mol. The molecule has 8 heteroatoms. The van der Waals surface area contributed by atoms with Crippen molar-refractivity contribution >= 4 is 24.0 Å². The summed E-state index contributed by atoms with van der Waals surface area (Å²) in [5, 5.41) is 14.3. The van der Waals surface area contributed by atoms with Crippen LogP contribution in [0.3, 0.4) is 0 Å². The van der Waals surface area contributed by atoms with Crippen molar-refractivity contribution in [3.05, 3.63) is 30.1 Å². The van der Waals surface area contributed by atoms with Crippen molar-refractivity contribution in [3.8, 4) is 5.69 Å². The van der Waals surface area contributed by atoms with E-state index in [1.807, 2.05) is 31.2 Å². The molecule has 1 aliphatic carbocycles. The molecule has 1 amide bonds. The molecular formula is C15H21ClN6O. The highest BCUT2D eigenvalue weighted by Gasteiger charge is 2.26. The van der Waals surface area contributed by atoms with Gasteiger partial charge in [-0.2, -0.15) is 4.68 Å². The van der Waals surface area contributed by atoms with Gasteiger partial charge in [-0.3, -0.25) is 4.79 Å². The van der Waals surface area contributed by atoms with Crippen LogP contribution in [0.5, 0.6) is 0 Å². The molecule has 0 saturated heterocycles. The van der Waals surface area contributed by atoms with Gasteiger partial charge in [-0.05, 0) is 54.3 Å². The first kappa shape index (κ1) is 17.4. The van der Waals surface area contributed by atoms with Crippen molar-refractivity contribution in [2.75, 3.05) is 5.32 Å². The van der Waals surface area contributed by atoms with Crippen LogP contribution in [0.2, 0.25) is 0 Å². The molecule has 3 rings (SSSR count). The van der Waals surface area contributed by atoms with Gasteiger partial charge in [0.15, 0.2) is 5.82 Å². The maximum absolute atomic E-state index is 12.2. The Morgan fingerprint density at radius 3 is 2.91 bits per heavy atom. The first-order chi connectivity index (χ1) is 10.6. The van der Waals surface area contributed by atoms with Gasteiger partial charge in [0.05, 0.1) is 5.69 Å².